The maximum atomic E-state index is 11.9. The number of anilines is 1. The number of hydrogen-bond donors (Lipinski definition) is 1. The third-order valence-corrected chi connectivity index (χ3v) is 3.42. The van der Waals surface area contributed by atoms with Gasteiger partial charge in [-0.3, -0.25) is 10.1 Å². The van der Waals surface area contributed by atoms with Crippen molar-refractivity contribution in [1.82, 2.24) is 4.98 Å². The lowest BCUT2D eigenvalue weighted by Gasteiger charge is -2.05. The molecule has 6 heteroatoms. The first kappa shape index (κ1) is 12.9. The van der Waals surface area contributed by atoms with Gasteiger partial charge in [0.2, 0.25) is 0 Å². The van der Waals surface area contributed by atoms with Crippen LogP contribution in [0.3, 0.4) is 0 Å². The maximum Gasteiger partial charge on any atom is 0.257 e. The Bertz CT molecular complexity index is 583. The second-order valence-corrected chi connectivity index (χ2v) is 4.86. The number of nitrogens with one attached hydrogen (secondary N) is 1. The highest BCUT2D eigenvalue weighted by molar-refractivity contribution is 7.13. The number of amides is 1. The fourth-order valence-electron chi connectivity index (χ4n) is 1.39. The van der Waals surface area contributed by atoms with E-state index >= 15 is 0 Å². The molecule has 0 radical (unpaired) electrons. The van der Waals surface area contributed by atoms with Crippen LogP contribution in [-0.4, -0.2) is 18.0 Å². The van der Waals surface area contributed by atoms with Gasteiger partial charge in [-0.15, -0.1) is 11.3 Å². The Labute approximate surface area is 114 Å². The standard InChI is InChI=1S/C12H11ClN2O2S/c1-7-6-18-12(14-7)15-11(16)8-3-4-10(17-2)9(13)5-8/h3-6H,1-2H3,(H,14,15,16). The van der Waals surface area contributed by atoms with E-state index in [0.717, 1.165) is 5.69 Å². The van der Waals surface area contributed by atoms with E-state index in [0.29, 0.717) is 21.5 Å². The van der Waals surface area contributed by atoms with Gasteiger partial charge in [0.15, 0.2) is 5.13 Å². The van der Waals surface area contributed by atoms with Crippen LogP contribution in [0.2, 0.25) is 5.02 Å². The summed E-state index contributed by atoms with van der Waals surface area (Å²) in [5, 5.41) is 5.56. The van der Waals surface area contributed by atoms with E-state index in [1.807, 2.05) is 12.3 Å². The van der Waals surface area contributed by atoms with Crippen molar-refractivity contribution in [2.75, 3.05) is 12.4 Å². The second kappa shape index (κ2) is 5.37. The smallest absolute Gasteiger partial charge is 0.257 e. The van der Waals surface area contributed by atoms with E-state index in [1.165, 1.54) is 18.4 Å². The van der Waals surface area contributed by atoms with Gasteiger partial charge in [0, 0.05) is 10.9 Å². The molecule has 0 unspecified atom stereocenters. The summed E-state index contributed by atoms with van der Waals surface area (Å²) in [5.74, 6) is 0.298. The zero-order valence-electron chi connectivity index (χ0n) is 9.86. The SMILES string of the molecule is COc1ccc(C(=O)Nc2nc(C)cs2)cc1Cl. The Kier molecular flexibility index (Phi) is 3.84. The monoisotopic (exact) mass is 282 g/mol. The Morgan fingerprint density at radius 2 is 2.28 bits per heavy atom. The lowest BCUT2D eigenvalue weighted by Crippen LogP contribution is -2.11. The molecule has 0 aliphatic carbocycles. The first-order valence-electron chi connectivity index (χ1n) is 5.17. The molecular weight excluding hydrogens is 272 g/mol. The predicted molar refractivity (Wildman–Crippen MR) is 72.8 cm³/mol. The Hall–Kier alpha value is -1.59. The van der Waals surface area contributed by atoms with Gasteiger partial charge in [-0.05, 0) is 25.1 Å². The van der Waals surface area contributed by atoms with Crippen molar-refractivity contribution in [2.45, 2.75) is 6.92 Å². The predicted octanol–water partition coefficient (Wildman–Crippen LogP) is 3.37. The molecule has 0 aliphatic heterocycles. The highest BCUT2D eigenvalue weighted by atomic mass is 35.5. The molecule has 2 aromatic rings. The number of aryl methyl sites for hydroxylation is 1. The number of halogens is 1. The molecule has 18 heavy (non-hydrogen) atoms. The molecule has 0 saturated heterocycles. The van der Waals surface area contributed by atoms with Gasteiger partial charge in [0.05, 0.1) is 17.8 Å². The van der Waals surface area contributed by atoms with Gasteiger partial charge in [0.25, 0.3) is 5.91 Å². The van der Waals surface area contributed by atoms with Crippen molar-refractivity contribution in [3.63, 3.8) is 0 Å². The van der Waals surface area contributed by atoms with Crippen molar-refractivity contribution in [1.29, 1.82) is 0 Å². The molecule has 0 atom stereocenters. The van der Waals surface area contributed by atoms with E-state index in [4.69, 9.17) is 16.3 Å². The Morgan fingerprint density at radius 1 is 1.50 bits per heavy atom. The van der Waals surface area contributed by atoms with Crippen molar-refractivity contribution in [3.8, 4) is 5.75 Å². The van der Waals surface area contributed by atoms with Gasteiger partial charge in [-0.2, -0.15) is 0 Å². The van der Waals surface area contributed by atoms with Crippen LogP contribution in [0.15, 0.2) is 23.6 Å². The molecule has 0 aliphatic rings. The van der Waals surface area contributed by atoms with Crippen molar-refractivity contribution < 1.29 is 9.53 Å². The minimum absolute atomic E-state index is 0.242. The first-order chi connectivity index (χ1) is 8.60. The van der Waals surface area contributed by atoms with Crippen LogP contribution < -0.4 is 10.1 Å². The number of carbonyl (C=O) groups is 1. The minimum atomic E-state index is -0.242. The van der Waals surface area contributed by atoms with Gasteiger partial charge in [0.1, 0.15) is 5.75 Å². The molecule has 2 rings (SSSR count). The number of ether oxygens (including phenoxy) is 1. The number of nitrogens with zero attached hydrogens (tertiary/aromatic N) is 1. The van der Waals surface area contributed by atoms with Crippen LogP contribution in [0.25, 0.3) is 0 Å². The van der Waals surface area contributed by atoms with E-state index in [-0.39, 0.29) is 5.91 Å². The average molecular weight is 283 g/mol. The number of hydrogen-bond acceptors (Lipinski definition) is 4. The Morgan fingerprint density at radius 3 is 2.83 bits per heavy atom. The fourth-order valence-corrected chi connectivity index (χ4v) is 2.33. The maximum absolute atomic E-state index is 11.9. The molecular formula is C12H11ClN2O2S. The third-order valence-electron chi connectivity index (χ3n) is 2.25. The summed E-state index contributed by atoms with van der Waals surface area (Å²) in [6.07, 6.45) is 0. The molecule has 1 aromatic carbocycles. The molecule has 1 amide bonds. The molecule has 1 aromatic heterocycles. The van der Waals surface area contributed by atoms with Gasteiger partial charge in [-0.1, -0.05) is 11.6 Å². The van der Waals surface area contributed by atoms with E-state index < -0.39 is 0 Å². The molecule has 4 nitrogen and oxygen atoms in total. The molecule has 0 fully saturated rings. The van der Waals surface area contributed by atoms with Crippen molar-refractivity contribution >= 4 is 34.0 Å². The van der Waals surface area contributed by atoms with Crippen LogP contribution in [0.1, 0.15) is 16.1 Å². The molecule has 94 valence electrons. The van der Waals surface area contributed by atoms with Crippen LogP contribution >= 0.6 is 22.9 Å². The minimum Gasteiger partial charge on any atom is -0.495 e. The number of benzene rings is 1. The van der Waals surface area contributed by atoms with Gasteiger partial charge < -0.3 is 4.74 Å². The molecule has 0 saturated carbocycles. The summed E-state index contributed by atoms with van der Waals surface area (Å²) in [7, 11) is 1.53. The summed E-state index contributed by atoms with van der Waals surface area (Å²) in [5.41, 5.74) is 1.34. The molecule has 0 bridgehead atoms. The zero-order chi connectivity index (χ0) is 13.1. The lowest BCUT2D eigenvalue weighted by atomic mass is 10.2. The van der Waals surface area contributed by atoms with Gasteiger partial charge >= 0.3 is 0 Å². The van der Waals surface area contributed by atoms with E-state index in [9.17, 15) is 4.79 Å². The second-order valence-electron chi connectivity index (χ2n) is 3.60. The average Bonchev–Trinajstić information content (AvgIpc) is 2.74. The number of thiazole rings is 1. The quantitative estimate of drug-likeness (QED) is 0.939. The lowest BCUT2D eigenvalue weighted by molar-refractivity contribution is 0.102. The number of methoxy groups -OCH3 is 1. The number of rotatable bonds is 3. The summed E-state index contributed by atoms with van der Waals surface area (Å²) < 4.78 is 5.03. The highest BCUT2D eigenvalue weighted by Crippen LogP contribution is 2.25. The van der Waals surface area contributed by atoms with Crippen LogP contribution in [0.5, 0.6) is 5.75 Å². The summed E-state index contributed by atoms with van der Waals surface area (Å²) in [6.45, 7) is 1.87. The largest absolute Gasteiger partial charge is 0.495 e. The van der Waals surface area contributed by atoms with E-state index in [1.54, 1.807) is 18.2 Å². The molecule has 0 spiro atoms. The number of aromatic nitrogens is 1. The number of carbonyl (C=O) groups excluding carboxylic acids is 1. The zero-order valence-corrected chi connectivity index (χ0v) is 11.4. The normalized spacial score (nSPS) is 10.2. The van der Waals surface area contributed by atoms with Crippen molar-refractivity contribution in [3.05, 3.63) is 39.9 Å². The molecule has 1 heterocycles. The van der Waals surface area contributed by atoms with Crippen LogP contribution in [0.4, 0.5) is 5.13 Å². The van der Waals surface area contributed by atoms with Crippen LogP contribution in [0, 0.1) is 6.92 Å². The molecule has 1 N–H and O–H groups in total. The van der Waals surface area contributed by atoms with Gasteiger partial charge in [-0.25, -0.2) is 4.98 Å². The highest BCUT2D eigenvalue weighted by Gasteiger charge is 2.10. The summed E-state index contributed by atoms with van der Waals surface area (Å²) in [4.78, 5) is 16.1. The topological polar surface area (TPSA) is 51.2 Å². The van der Waals surface area contributed by atoms with Crippen molar-refractivity contribution in [2.24, 2.45) is 0 Å². The Balaban J connectivity index is 2.16. The fraction of sp³-hybridized carbons (Fsp3) is 0.167. The summed E-state index contributed by atoms with van der Waals surface area (Å²) in [6, 6.07) is 4.88. The van der Waals surface area contributed by atoms with E-state index in [2.05, 4.69) is 10.3 Å². The van der Waals surface area contributed by atoms with Crippen LogP contribution in [-0.2, 0) is 0 Å². The third kappa shape index (κ3) is 2.80. The summed E-state index contributed by atoms with van der Waals surface area (Å²) >= 11 is 7.35. The first-order valence-corrected chi connectivity index (χ1v) is 6.43.